The lowest BCUT2D eigenvalue weighted by Crippen LogP contribution is -2.60. The van der Waals surface area contributed by atoms with Crippen molar-refractivity contribution in [2.24, 2.45) is 5.92 Å². The molecule has 0 aliphatic carbocycles. The first kappa shape index (κ1) is 16.3. The predicted molar refractivity (Wildman–Crippen MR) is 101 cm³/mol. The van der Waals surface area contributed by atoms with E-state index in [1.54, 1.807) is 0 Å². The van der Waals surface area contributed by atoms with Crippen LogP contribution < -0.4 is 5.32 Å². The number of hydrogen-bond acceptors (Lipinski definition) is 2. The van der Waals surface area contributed by atoms with Gasteiger partial charge in [0.15, 0.2) is 0 Å². The summed E-state index contributed by atoms with van der Waals surface area (Å²) in [6, 6.07) is 19.5. The fourth-order valence-electron chi connectivity index (χ4n) is 4.32. The molecule has 3 nitrogen and oxygen atoms in total. The van der Waals surface area contributed by atoms with Crippen molar-refractivity contribution in [3.63, 3.8) is 0 Å². The Hall–Kier alpha value is -2.13. The Morgan fingerprint density at radius 1 is 1.08 bits per heavy atom. The van der Waals surface area contributed by atoms with Gasteiger partial charge in [-0.1, -0.05) is 42.5 Å². The molecule has 2 aromatic rings. The Labute approximate surface area is 150 Å². The molecule has 4 unspecified atom stereocenters. The lowest BCUT2D eigenvalue weighted by atomic mass is 9.80. The van der Waals surface area contributed by atoms with Gasteiger partial charge in [0.05, 0.1) is 0 Å². The van der Waals surface area contributed by atoms with Gasteiger partial charge in [0.2, 0.25) is 0 Å². The average molecular weight is 334 g/mol. The molecule has 3 aliphatic heterocycles. The van der Waals surface area contributed by atoms with E-state index in [0.717, 1.165) is 18.5 Å². The molecule has 2 bridgehead atoms. The van der Waals surface area contributed by atoms with Gasteiger partial charge in [-0.3, -0.25) is 9.69 Å². The Morgan fingerprint density at radius 3 is 2.44 bits per heavy atom. The number of benzene rings is 2. The Kier molecular flexibility index (Phi) is 4.58. The summed E-state index contributed by atoms with van der Waals surface area (Å²) in [5, 5.41) is 3.28. The molecule has 4 atom stereocenters. The molecule has 2 aromatic carbocycles. The monoisotopic (exact) mass is 334 g/mol. The summed E-state index contributed by atoms with van der Waals surface area (Å²) in [6.07, 6.45) is 3.33. The van der Waals surface area contributed by atoms with E-state index in [1.807, 2.05) is 18.2 Å². The third kappa shape index (κ3) is 3.62. The zero-order valence-corrected chi connectivity index (χ0v) is 14.8. The summed E-state index contributed by atoms with van der Waals surface area (Å²) in [7, 11) is 0. The van der Waals surface area contributed by atoms with Crippen molar-refractivity contribution in [3.8, 4) is 0 Å². The van der Waals surface area contributed by atoms with Crippen LogP contribution in [0.1, 0.15) is 41.3 Å². The number of amides is 1. The molecule has 0 spiro atoms. The van der Waals surface area contributed by atoms with Crippen LogP contribution in [0.4, 0.5) is 0 Å². The van der Waals surface area contributed by atoms with Crippen LogP contribution in [0.25, 0.3) is 0 Å². The lowest BCUT2D eigenvalue weighted by Gasteiger charge is -2.48. The molecule has 3 fully saturated rings. The highest BCUT2D eigenvalue weighted by Crippen LogP contribution is 2.32. The lowest BCUT2D eigenvalue weighted by molar-refractivity contribution is 0.0274. The number of rotatable bonds is 4. The minimum atomic E-state index is 0.0673. The van der Waals surface area contributed by atoms with Crippen LogP contribution in [0.3, 0.4) is 0 Å². The first-order valence-corrected chi connectivity index (χ1v) is 9.37. The number of carbonyl (C=O) groups is 1. The van der Waals surface area contributed by atoms with Gasteiger partial charge in [-0.15, -0.1) is 0 Å². The minimum Gasteiger partial charge on any atom is -0.348 e. The fraction of sp³-hybridized carbons (Fsp3) is 0.409. The highest BCUT2D eigenvalue weighted by atomic mass is 16.1. The molecule has 0 radical (unpaired) electrons. The number of nitrogens with one attached hydrogen (secondary N) is 1. The summed E-state index contributed by atoms with van der Waals surface area (Å²) in [6.45, 7) is 4.49. The quantitative estimate of drug-likeness (QED) is 0.928. The van der Waals surface area contributed by atoms with Crippen LogP contribution in [0.15, 0.2) is 54.6 Å². The van der Waals surface area contributed by atoms with Gasteiger partial charge >= 0.3 is 0 Å². The van der Waals surface area contributed by atoms with Gasteiger partial charge < -0.3 is 5.32 Å². The zero-order valence-electron chi connectivity index (χ0n) is 14.8. The third-order valence-corrected chi connectivity index (χ3v) is 5.84. The highest BCUT2D eigenvalue weighted by Gasteiger charge is 2.38. The topological polar surface area (TPSA) is 32.3 Å². The molecule has 3 heterocycles. The number of fused-ring (bicyclic) bond motifs is 3. The van der Waals surface area contributed by atoms with Gasteiger partial charge in [-0.2, -0.15) is 0 Å². The van der Waals surface area contributed by atoms with Crippen molar-refractivity contribution >= 4 is 5.91 Å². The average Bonchev–Trinajstić information content (AvgIpc) is 2.64. The third-order valence-electron chi connectivity index (χ3n) is 5.84. The Balaban J connectivity index is 1.38. The van der Waals surface area contributed by atoms with Gasteiger partial charge in [-0.05, 0) is 61.9 Å². The zero-order chi connectivity index (χ0) is 17.2. The predicted octanol–water partition coefficient (Wildman–Crippen LogP) is 3.49. The first-order chi connectivity index (χ1) is 12.2. The molecule has 3 saturated heterocycles. The van der Waals surface area contributed by atoms with E-state index in [1.165, 1.54) is 30.5 Å². The summed E-state index contributed by atoms with van der Waals surface area (Å²) >= 11 is 0. The van der Waals surface area contributed by atoms with Crippen LogP contribution in [0.5, 0.6) is 0 Å². The Bertz CT molecular complexity index is 725. The fourth-order valence-corrected chi connectivity index (χ4v) is 4.32. The molecule has 0 aromatic heterocycles. The second-order valence-corrected chi connectivity index (χ2v) is 7.57. The minimum absolute atomic E-state index is 0.0673. The maximum absolute atomic E-state index is 12.6. The normalized spacial score (nSPS) is 27.9. The molecular weight excluding hydrogens is 308 g/mol. The van der Waals surface area contributed by atoms with Crippen LogP contribution >= 0.6 is 0 Å². The highest BCUT2D eigenvalue weighted by molar-refractivity contribution is 5.94. The van der Waals surface area contributed by atoms with Gasteiger partial charge in [0, 0.05) is 24.2 Å². The van der Waals surface area contributed by atoms with E-state index in [-0.39, 0.29) is 5.91 Å². The van der Waals surface area contributed by atoms with E-state index in [9.17, 15) is 4.79 Å². The summed E-state index contributed by atoms with van der Waals surface area (Å²) in [5.74, 6) is 0.707. The van der Waals surface area contributed by atoms with Crippen molar-refractivity contribution in [1.29, 1.82) is 0 Å². The number of piperidine rings is 3. The molecule has 1 N–H and O–H groups in total. The Morgan fingerprint density at radius 2 is 1.80 bits per heavy atom. The smallest absolute Gasteiger partial charge is 0.251 e. The maximum Gasteiger partial charge on any atom is 0.251 e. The van der Waals surface area contributed by atoms with Crippen LogP contribution in [0.2, 0.25) is 0 Å². The van der Waals surface area contributed by atoms with Crippen LogP contribution in [0, 0.1) is 5.92 Å². The molecule has 0 saturated carbocycles. The molecule has 130 valence electrons. The van der Waals surface area contributed by atoms with Crippen molar-refractivity contribution in [1.82, 2.24) is 10.2 Å². The second-order valence-electron chi connectivity index (χ2n) is 7.57. The molecule has 3 aliphatic rings. The first-order valence-electron chi connectivity index (χ1n) is 9.37. The van der Waals surface area contributed by atoms with Gasteiger partial charge in [-0.25, -0.2) is 0 Å². The van der Waals surface area contributed by atoms with Gasteiger partial charge in [0.25, 0.3) is 5.91 Å². The molecule has 25 heavy (non-hydrogen) atoms. The van der Waals surface area contributed by atoms with E-state index >= 15 is 0 Å². The molecule has 3 heteroatoms. The number of hydrogen-bond donors (Lipinski definition) is 1. The van der Waals surface area contributed by atoms with Crippen LogP contribution in [-0.2, 0) is 6.42 Å². The largest absolute Gasteiger partial charge is 0.348 e. The van der Waals surface area contributed by atoms with E-state index in [2.05, 4.69) is 53.5 Å². The number of nitrogens with zero attached hydrogens (tertiary/aromatic N) is 1. The molecule has 1 amide bonds. The summed E-state index contributed by atoms with van der Waals surface area (Å²) < 4.78 is 0. The molecule has 5 rings (SSSR count). The SMILES string of the molecule is CC1CC2CCN1CC2NC(=O)c1ccc(Cc2ccccc2)cc1. The van der Waals surface area contributed by atoms with Crippen LogP contribution in [-0.4, -0.2) is 36.0 Å². The van der Waals surface area contributed by atoms with Crippen molar-refractivity contribution < 1.29 is 4.79 Å². The maximum atomic E-state index is 12.6. The van der Waals surface area contributed by atoms with E-state index < -0.39 is 0 Å². The van der Waals surface area contributed by atoms with Crippen molar-refractivity contribution in [3.05, 3.63) is 71.3 Å². The second kappa shape index (κ2) is 7.01. The standard InChI is InChI=1S/C22H26N2O/c1-16-13-20-11-12-24(16)15-21(20)23-22(25)19-9-7-18(8-10-19)14-17-5-3-2-4-6-17/h2-10,16,20-21H,11-15H2,1H3,(H,23,25). The summed E-state index contributed by atoms with van der Waals surface area (Å²) in [5.41, 5.74) is 3.29. The summed E-state index contributed by atoms with van der Waals surface area (Å²) in [4.78, 5) is 15.1. The van der Waals surface area contributed by atoms with E-state index in [0.29, 0.717) is 18.0 Å². The van der Waals surface area contributed by atoms with Crippen molar-refractivity contribution in [2.45, 2.75) is 38.3 Å². The number of carbonyl (C=O) groups excluding carboxylic acids is 1. The van der Waals surface area contributed by atoms with Gasteiger partial charge in [0.1, 0.15) is 0 Å². The van der Waals surface area contributed by atoms with Crippen molar-refractivity contribution in [2.75, 3.05) is 13.1 Å². The molecular formula is C22H26N2O. The van der Waals surface area contributed by atoms with E-state index in [4.69, 9.17) is 0 Å².